The molecule has 1 saturated carbocycles. The number of fused-ring (bicyclic) bond motifs is 1. The molecule has 2 atom stereocenters. The predicted octanol–water partition coefficient (Wildman–Crippen LogP) is 1.79. The van der Waals surface area contributed by atoms with Gasteiger partial charge in [0.05, 0.1) is 12.2 Å². The van der Waals surface area contributed by atoms with Crippen LogP contribution in [0.25, 0.3) is 5.65 Å². The summed E-state index contributed by atoms with van der Waals surface area (Å²) in [6.45, 7) is 7.42. The van der Waals surface area contributed by atoms with Crippen LogP contribution < -0.4 is 10.6 Å². The topological polar surface area (TPSA) is 57.0 Å². The van der Waals surface area contributed by atoms with Gasteiger partial charge in [0.2, 0.25) is 0 Å². The van der Waals surface area contributed by atoms with Crippen molar-refractivity contribution in [2.75, 3.05) is 20.1 Å². The molecule has 2 N–H and O–H groups in total. The van der Waals surface area contributed by atoms with Gasteiger partial charge >= 0.3 is 0 Å². The average Bonchev–Trinajstić information content (AvgIpc) is 3.27. The molecule has 6 heteroatoms. The standard InChI is InChI=1S/C19H28N6/c1-13-6-7-24-11-15(22-18(24)8-13)9-21-19(20-3)23-17-12-25(10-14(17)2)16-4-5-16/h6-8,11,14,16-17H,4-5,9-10,12H2,1-3H3,(H2,20,21,23). The molecule has 134 valence electrons. The van der Waals surface area contributed by atoms with Crippen molar-refractivity contribution in [3.05, 3.63) is 35.8 Å². The molecule has 0 amide bonds. The maximum absolute atomic E-state index is 4.68. The van der Waals surface area contributed by atoms with Gasteiger partial charge in [-0.05, 0) is 43.4 Å². The summed E-state index contributed by atoms with van der Waals surface area (Å²) in [7, 11) is 1.83. The summed E-state index contributed by atoms with van der Waals surface area (Å²) in [6, 6.07) is 5.50. The van der Waals surface area contributed by atoms with Gasteiger partial charge < -0.3 is 15.0 Å². The zero-order valence-electron chi connectivity index (χ0n) is 15.4. The Labute approximate surface area is 149 Å². The van der Waals surface area contributed by atoms with E-state index in [1.165, 1.54) is 24.9 Å². The third-order valence-corrected chi connectivity index (χ3v) is 5.35. The number of rotatable bonds is 4. The van der Waals surface area contributed by atoms with Crippen molar-refractivity contribution in [3.63, 3.8) is 0 Å². The predicted molar refractivity (Wildman–Crippen MR) is 101 cm³/mol. The monoisotopic (exact) mass is 340 g/mol. The number of imidazole rings is 1. The van der Waals surface area contributed by atoms with E-state index in [4.69, 9.17) is 0 Å². The number of aryl methyl sites for hydroxylation is 1. The highest BCUT2D eigenvalue weighted by molar-refractivity contribution is 5.80. The molecule has 2 aromatic rings. The third kappa shape index (κ3) is 3.63. The third-order valence-electron chi connectivity index (χ3n) is 5.35. The van der Waals surface area contributed by atoms with Gasteiger partial charge in [-0.3, -0.25) is 9.89 Å². The number of nitrogens with zero attached hydrogens (tertiary/aromatic N) is 4. The van der Waals surface area contributed by atoms with Crippen LogP contribution >= 0.6 is 0 Å². The van der Waals surface area contributed by atoms with E-state index in [1.807, 2.05) is 7.05 Å². The van der Waals surface area contributed by atoms with Crippen molar-refractivity contribution in [1.82, 2.24) is 24.9 Å². The largest absolute Gasteiger partial charge is 0.352 e. The van der Waals surface area contributed by atoms with Crippen LogP contribution in [0.3, 0.4) is 0 Å². The van der Waals surface area contributed by atoms with E-state index >= 15 is 0 Å². The number of hydrogen-bond acceptors (Lipinski definition) is 3. The number of guanidine groups is 1. The summed E-state index contributed by atoms with van der Waals surface area (Å²) in [4.78, 5) is 11.7. The molecule has 3 heterocycles. The van der Waals surface area contributed by atoms with Crippen LogP contribution in [0, 0.1) is 12.8 Å². The molecular formula is C19H28N6. The highest BCUT2D eigenvalue weighted by Crippen LogP contribution is 2.31. The van der Waals surface area contributed by atoms with Crippen LogP contribution in [0.1, 0.15) is 31.0 Å². The van der Waals surface area contributed by atoms with Crippen LogP contribution in [-0.2, 0) is 6.54 Å². The van der Waals surface area contributed by atoms with E-state index in [9.17, 15) is 0 Å². The lowest BCUT2D eigenvalue weighted by Crippen LogP contribution is -2.46. The molecular weight excluding hydrogens is 312 g/mol. The van der Waals surface area contributed by atoms with Crippen LogP contribution in [-0.4, -0.2) is 52.5 Å². The number of aromatic nitrogens is 2. The molecule has 1 saturated heterocycles. The summed E-state index contributed by atoms with van der Waals surface area (Å²) in [5, 5.41) is 7.02. The Balaban J connectivity index is 1.35. The van der Waals surface area contributed by atoms with Crippen molar-refractivity contribution in [3.8, 4) is 0 Å². The van der Waals surface area contributed by atoms with E-state index < -0.39 is 0 Å². The lowest BCUT2D eigenvalue weighted by atomic mass is 10.1. The van der Waals surface area contributed by atoms with Crippen LogP contribution in [0.2, 0.25) is 0 Å². The molecule has 0 bridgehead atoms. The molecule has 2 unspecified atom stereocenters. The molecule has 25 heavy (non-hydrogen) atoms. The Bertz CT molecular complexity index is 775. The van der Waals surface area contributed by atoms with E-state index in [2.05, 4.69) is 68.3 Å². The zero-order chi connectivity index (χ0) is 17.4. The number of hydrogen-bond donors (Lipinski definition) is 2. The minimum absolute atomic E-state index is 0.468. The van der Waals surface area contributed by atoms with Gasteiger partial charge in [0.15, 0.2) is 5.96 Å². The van der Waals surface area contributed by atoms with Gasteiger partial charge in [-0.2, -0.15) is 0 Å². The summed E-state index contributed by atoms with van der Waals surface area (Å²) in [6.07, 6.45) is 6.88. The molecule has 0 aromatic carbocycles. The molecule has 1 aliphatic heterocycles. The summed E-state index contributed by atoms with van der Waals surface area (Å²) >= 11 is 0. The van der Waals surface area contributed by atoms with Crippen molar-refractivity contribution < 1.29 is 0 Å². The first kappa shape index (κ1) is 16.4. The average molecular weight is 340 g/mol. The minimum atomic E-state index is 0.468. The Kier molecular flexibility index (Phi) is 4.37. The van der Waals surface area contributed by atoms with Crippen molar-refractivity contribution in [2.24, 2.45) is 10.9 Å². The van der Waals surface area contributed by atoms with Gasteiger partial charge in [-0.25, -0.2) is 4.98 Å². The summed E-state index contributed by atoms with van der Waals surface area (Å²) in [5.41, 5.74) is 3.24. The van der Waals surface area contributed by atoms with Crippen LogP contribution in [0.5, 0.6) is 0 Å². The molecule has 2 aromatic heterocycles. The highest BCUT2D eigenvalue weighted by Gasteiger charge is 2.38. The Morgan fingerprint density at radius 2 is 2.20 bits per heavy atom. The van der Waals surface area contributed by atoms with Gasteiger partial charge in [-0.1, -0.05) is 6.92 Å². The van der Waals surface area contributed by atoms with Crippen molar-refractivity contribution >= 4 is 11.6 Å². The quantitative estimate of drug-likeness (QED) is 0.658. The molecule has 2 aliphatic rings. The molecule has 1 aliphatic carbocycles. The fraction of sp³-hybridized carbons (Fsp3) is 0.579. The fourth-order valence-corrected chi connectivity index (χ4v) is 3.70. The van der Waals surface area contributed by atoms with Crippen LogP contribution in [0.4, 0.5) is 0 Å². The maximum atomic E-state index is 4.68. The lowest BCUT2D eigenvalue weighted by molar-refractivity contribution is 0.315. The minimum Gasteiger partial charge on any atom is -0.352 e. The number of aliphatic imine (C=N–C) groups is 1. The van der Waals surface area contributed by atoms with E-state index in [0.717, 1.165) is 29.9 Å². The van der Waals surface area contributed by atoms with Gasteiger partial charge in [-0.15, -0.1) is 0 Å². The Hall–Kier alpha value is -2.08. The maximum Gasteiger partial charge on any atom is 0.191 e. The SMILES string of the molecule is CN=C(NCc1cn2ccc(C)cc2n1)NC1CN(C2CC2)CC1C. The molecule has 4 rings (SSSR count). The first-order valence-corrected chi connectivity index (χ1v) is 9.28. The Morgan fingerprint density at radius 1 is 1.36 bits per heavy atom. The molecule has 0 spiro atoms. The van der Waals surface area contributed by atoms with E-state index in [0.29, 0.717) is 18.5 Å². The highest BCUT2D eigenvalue weighted by atomic mass is 15.3. The normalized spacial score (nSPS) is 24.8. The van der Waals surface area contributed by atoms with Crippen LogP contribution in [0.15, 0.2) is 29.5 Å². The second-order valence-electron chi connectivity index (χ2n) is 7.54. The summed E-state index contributed by atoms with van der Waals surface area (Å²) < 4.78 is 2.06. The van der Waals surface area contributed by atoms with E-state index in [1.54, 1.807) is 0 Å². The molecule has 0 radical (unpaired) electrons. The fourth-order valence-electron chi connectivity index (χ4n) is 3.70. The molecule has 2 fully saturated rings. The smallest absolute Gasteiger partial charge is 0.191 e. The number of pyridine rings is 1. The van der Waals surface area contributed by atoms with Crippen molar-refractivity contribution in [1.29, 1.82) is 0 Å². The van der Waals surface area contributed by atoms with Crippen molar-refractivity contribution in [2.45, 2.75) is 45.3 Å². The first-order valence-electron chi connectivity index (χ1n) is 9.28. The lowest BCUT2D eigenvalue weighted by Gasteiger charge is -2.20. The first-order chi connectivity index (χ1) is 12.1. The number of nitrogens with one attached hydrogen (secondary N) is 2. The van der Waals surface area contributed by atoms with Gasteiger partial charge in [0.1, 0.15) is 5.65 Å². The van der Waals surface area contributed by atoms with Gasteiger partial charge in [0, 0.05) is 44.6 Å². The summed E-state index contributed by atoms with van der Waals surface area (Å²) in [5.74, 6) is 1.51. The van der Waals surface area contributed by atoms with Gasteiger partial charge in [0.25, 0.3) is 0 Å². The number of likely N-dealkylation sites (tertiary alicyclic amines) is 1. The Morgan fingerprint density at radius 3 is 2.96 bits per heavy atom. The second-order valence-corrected chi connectivity index (χ2v) is 7.54. The molecule has 6 nitrogen and oxygen atoms in total. The second kappa shape index (κ2) is 6.67. The van der Waals surface area contributed by atoms with E-state index in [-0.39, 0.29) is 0 Å². The zero-order valence-corrected chi connectivity index (χ0v) is 15.4.